The van der Waals surface area contributed by atoms with Crippen molar-refractivity contribution in [3.05, 3.63) is 99.5 Å². The Balaban J connectivity index is 1.83. The number of carboxylic acid groups (broad SMARTS) is 1. The number of halogens is 2. The number of urea groups is 1. The Morgan fingerprint density at radius 2 is 1.52 bits per heavy atom. The Morgan fingerprint density at radius 3 is 2.21 bits per heavy atom. The van der Waals surface area contributed by atoms with Gasteiger partial charge in [0.2, 0.25) is 0 Å². The van der Waals surface area contributed by atoms with E-state index in [1.165, 1.54) is 6.07 Å². The Bertz CT molecular complexity index is 1030. The molecule has 0 saturated heterocycles. The number of nitrogens with one attached hydrogen (secondary N) is 1. The normalized spacial score (nSPS) is 10.4. The third kappa shape index (κ3) is 5.73. The van der Waals surface area contributed by atoms with E-state index in [1.54, 1.807) is 41.3 Å². The molecule has 0 aromatic heterocycles. The first-order valence-corrected chi connectivity index (χ1v) is 9.55. The fourth-order valence-corrected chi connectivity index (χ4v) is 3.10. The monoisotopic (exact) mass is 428 g/mol. The van der Waals surface area contributed by atoms with Gasteiger partial charge in [0, 0.05) is 18.8 Å². The van der Waals surface area contributed by atoms with E-state index in [0.717, 1.165) is 5.56 Å². The van der Waals surface area contributed by atoms with Gasteiger partial charge in [-0.05, 0) is 41.5 Å². The van der Waals surface area contributed by atoms with Crippen LogP contribution < -0.4 is 5.32 Å². The summed E-state index contributed by atoms with van der Waals surface area (Å²) in [4.78, 5) is 25.8. The van der Waals surface area contributed by atoms with Gasteiger partial charge in [0.25, 0.3) is 0 Å². The lowest BCUT2D eigenvalue weighted by molar-refractivity contribution is 0.0696. The Morgan fingerprint density at radius 1 is 0.828 bits per heavy atom. The summed E-state index contributed by atoms with van der Waals surface area (Å²) in [5.74, 6) is -1.01. The van der Waals surface area contributed by atoms with Crippen molar-refractivity contribution in [3.63, 3.8) is 0 Å². The molecule has 2 amide bonds. The number of hydrogen-bond acceptors (Lipinski definition) is 2. The van der Waals surface area contributed by atoms with E-state index in [9.17, 15) is 14.7 Å². The third-order valence-corrected chi connectivity index (χ3v) is 4.96. The van der Waals surface area contributed by atoms with Crippen LogP contribution in [0.2, 0.25) is 10.0 Å². The molecule has 0 fully saturated rings. The number of aromatic carboxylic acids is 1. The SMILES string of the molecule is O=C(O)c1cccc(CN(Cc2ccccc2)C(=O)Nc2ccc(Cl)c(Cl)c2)c1. The van der Waals surface area contributed by atoms with Crippen molar-refractivity contribution in [2.45, 2.75) is 13.1 Å². The molecule has 7 heteroatoms. The van der Waals surface area contributed by atoms with E-state index in [4.69, 9.17) is 23.2 Å². The van der Waals surface area contributed by atoms with E-state index < -0.39 is 5.97 Å². The highest BCUT2D eigenvalue weighted by Gasteiger charge is 2.16. The van der Waals surface area contributed by atoms with Gasteiger partial charge in [-0.3, -0.25) is 0 Å². The van der Waals surface area contributed by atoms with Crippen LogP contribution in [-0.2, 0) is 13.1 Å². The highest BCUT2D eigenvalue weighted by molar-refractivity contribution is 6.42. The molecular weight excluding hydrogens is 411 g/mol. The summed E-state index contributed by atoms with van der Waals surface area (Å²) in [6, 6.07) is 20.6. The number of amides is 2. The summed E-state index contributed by atoms with van der Waals surface area (Å²) >= 11 is 12.0. The molecule has 2 N–H and O–H groups in total. The van der Waals surface area contributed by atoms with Crippen molar-refractivity contribution >= 4 is 40.9 Å². The lowest BCUT2D eigenvalue weighted by atomic mass is 10.1. The minimum Gasteiger partial charge on any atom is -0.478 e. The molecule has 3 aromatic rings. The zero-order chi connectivity index (χ0) is 20.8. The van der Waals surface area contributed by atoms with Crippen LogP contribution in [-0.4, -0.2) is 22.0 Å². The zero-order valence-corrected chi connectivity index (χ0v) is 16.8. The second kappa shape index (κ2) is 9.45. The van der Waals surface area contributed by atoms with Gasteiger partial charge in [-0.15, -0.1) is 0 Å². The maximum Gasteiger partial charge on any atom is 0.335 e. The highest BCUT2D eigenvalue weighted by atomic mass is 35.5. The fraction of sp³-hybridized carbons (Fsp3) is 0.0909. The Kier molecular flexibility index (Phi) is 6.75. The Hall–Kier alpha value is -3.02. The summed E-state index contributed by atoms with van der Waals surface area (Å²) in [5.41, 5.74) is 2.35. The van der Waals surface area contributed by atoms with E-state index in [2.05, 4.69) is 5.32 Å². The van der Waals surface area contributed by atoms with Crippen LogP contribution in [0.5, 0.6) is 0 Å². The molecule has 0 saturated carbocycles. The molecule has 29 heavy (non-hydrogen) atoms. The van der Waals surface area contributed by atoms with Crippen molar-refractivity contribution in [3.8, 4) is 0 Å². The van der Waals surface area contributed by atoms with Gasteiger partial charge in [-0.1, -0.05) is 65.7 Å². The van der Waals surface area contributed by atoms with Crippen molar-refractivity contribution < 1.29 is 14.7 Å². The molecule has 0 heterocycles. The van der Waals surface area contributed by atoms with E-state index in [1.807, 2.05) is 30.3 Å². The molecule has 0 atom stereocenters. The zero-order valence-electron chi connectivity index (χ0n) is 15.3. The topological polar surface area (TPSA) is 69.6 Å². The van der Waals surface area contributed by atoms with Gasteiger partial charge in [-0.25, -0.2) is 9.59 Å². The maximum absolute atomic E-state index is 13.0. The molecule has 5 nitrogen and oxygen atoms in total. The number of benzene rings is 3. The van der Waals surface area contributed by atoms with Crippen LogP contribution in [0.25, 0.3) is 0 Å². The van der Waals surface area contributed by atoms with Crippen molar-refractivity contribution in [1.82, 2.24) is 4.90 Å². The average Bonchev–Trinajstić information content (AvgIpc) is 2.71. The number of nitrogens with zero attached hydrogens (tertiary/aromatic N) is 1. The minimum absolute atomic E-state index is 0.173. The predicted octanol–water partition coefficient (Wildman–Crippen LogP) is 5.93. The molecule has 0 aliphatic carbocycles. The average molecular weight is 429 g/mol. The van der Waals surface area contributed by atoms with Crippen LogP contribution in [0.15, 0.2) is 72.8 Å². The predicted molar refractivity (Wildman–Crippen MR) is 115 cm³/mol. The van der Waals surface area contributed by atoms with Crippen molar-refractivity contribution in [2.75, 3.05) is 5.32 Å². The van der Waals surface area contributed by atoms with Gasteiger partial charge in [0.15, 0.2) is 0 Å². The number of anilines is 1. The highest BCUT2D eigenvalue weighted by Crippen LogP contribution is 2.25. The summed E-state index contributed by atoms with van der Waals surface area (Å²) in [7, 11) is 0. The third-order valence-electron chi connectivity index (χ3n) is 4.22. The van der Waals surface area contributed by atoms with Gasteiger partial charge >= 0.3 is 12.0 Å². The lowest BCUT2D eigenvalue weighted by Gasteiger charge is -2.24. The fourth-order valence-electron chi connectivity index (χ4n) is 2.80. The van der Waals surface area contributed by atoms with Gasteiger partial charge < -0.3 is 15.3 Å². The first-order valence-electron chi connectivity index (χ1n) is 8.79. The van der Waals surface area contributed by atoms with Crippen molar-refractivity contribution in [1.29, 1.82) is 0 Å². The molecule has 0 radical (unpaired) electrons. The number of hydrogen-bond donors (Lipinski definition) is 2. The quantitative estimate of drug-likeness (QED) is 0.511. The van der Waals surface area contributed by atoms with Crippen LogP contribution in [0, 0.1) is 0 Å². The van der Waals surface area contributed by atoms with Crippen LogP contribution in [0.1, 0.15) is 21.5 Å². The minimum atomic E-state index is -1.01. The van der Waals surface area contributed by atoms with Crippen molar-refractivity contribution in [2.24, 2.45) is 0 Å². The van der Waals surface area contributed by atoms with Gasteiger partial charge in [0.1, 0.15) is 0 Å². The number of carbonyl (C=O) groups excluding carboxylic acids is 1. The molecule has 0 bridgehead atoms. The molecule has 0 aliphatic rings. The van der Waals surface area contributed by atoms with E-state index >= 15 is 0 Å². The van der Waals surface area contributed by atoms with Crippen LogP contribution >= 0.6 is 23.2 Å². The largest absolute Gasteiger partial charge is 0.478 e. The molecular formula is C22H18Cl2N2O3. The molecule has 0 aliphatic heterocycles. The number of carboxylic acids is 1. The molecule has 3 rings (SSSR count). The number of carbonyl (C=O) groups is 2. The molecule has 0 spiro atoms. The molecule has 0 unspecified atom stereocenters. The summed E-state index contributed by atoms with van der Waals surface area (Å²) in [6.45, 7) is 0.592. The molecule has 3 aromatic carbocycles. The first kappa shape index (κ1) is 20.7. The van der Waals surface area contributed by atoms with Gasteiger partial charge in [-0.2, -0.15) is 0 Å². The maximum atomic E-state index is 13.0. The standard InChI is InChI=1S/C22H18Cl2N2O3/c23-19-10-9-18(12-20(19)24)25-22(29)26(13-15-5-2-1-3-6-15)14-16-7-4-8-17(11-16)21(27)28/h1-12H,13-14H2,(H,25,29)(H,27,28). The van der Waals surface area contributed by atoms with Gasteiger partial charge in [0.05, 0.1) is 15.6 Å². The van der Waals surface area contributed by atoms with E-state index in [-0.39, 0.29) is 18.1 Å². The number of rotatable bonds is 6. The van der Waals surface area contributed by atoms with E-state index in [0.29, 0.717) is 27.8 Å². The summed E-state index contributed by atoms with van der Waals surface area (Å²) in [6.07, 6.45) is 0. The van der Waals surface area contributed by atoms with Crippen LogP contribution in [0.3, 0.4) is 0 Å². The first-order chi connectivity index (χ1) is 13.9. The Labute approximate surface area is 178 Å². The molecule has 148 valence electrons. The summed E-state index contributed by atoms with van der Waals surface area (Å²) < 4.78 is 0. The smallest absolute Gasteiger partial charge is 0.335 e. The second-order valence-electron chi connectivity index (χ2n) is 6.41. The second-order valence-corrected chi connectivity index (χ2v) is 7.22. The summed E-state index contributed by atoms with van der Waals surface area (Å²) in [5, 5.41) is 12.8. The lowest BCUT2D eigenvalue weighted by Crippen LogP contribution is -2.34. The van der Waals surface area contributed by atoms with Crippen LogP contribution in [0.4, 0.5) is 10.5 Å².